The first-order chi connectivity index (χ1) is 29.3. The molecule has 10 rings (SSSR count). The predicted molar refractivity (Wildman–Crippen MR) is 224 cm³/mol. The lowest BCUT2D eigenvalue weighted by atomic mass is 9.82. The second-order valence-electron chi connectivity index (χ2n) is 19.2. The van der Waals surface area contributed by atoms with E-state index >= 15 is 8.78 Å². The molecule has 2 aromatic carbocycles. The number of methoxy groups -OCH3 is 1. The van der Waals surface area contributed by atoms with Crippen LogP contribution in [0.4, 0.5) is 19.4 Å². The molecule has 1 aliphatic carbocycles. The summed E-state index contributed by atoms with van der Waals surface area (Å²) in [6, 6.07) is 6.00. The number of pyridine rings is 1. The summed E-state index contributed by atoms with van der Waals surface area (Å²) in [5.74, 6) is -0.129. The maximum absolute atomic E-state index is 17.8. The van der Waals surface area contributed by atoms with Crippen molar-refractivity contribution >= 4 is 33.6 Å². The molecule has 5 atom stereocenters. The molecule has 6 aliphatic rings. The van der Waals surface area contributed by atoms with Crippen LogP contribution >= 0.6 is 0 Å². The Morgan fingerprint density at radius 2 is 1.85 bits per heavy atom. The van der Waals surface area contributed by atoms with Gasteiger partial charge in [-0.2, -0.15) is 9.97 Å². The Morgan fingerprint density at radius 1 is 1.02 bits per heavy atom. The molecular formula is C46H56F2N6O7. The summed E-state index contributed by atoms with van der Waals surface area (Å²) in [7, 11) is 1.51. The summed E-state index contributed by atoms with van der Waals surface area (Å²) in [6.45, 7) is 9.53. The zero-order valence-corrected chi connectivity index (χ0v) is 35.8. The molecule has 2 bridgehead atoms. The minimum absolute atomic E-state index is 0.0135. The summed E-state index contributed by atoms with van der Waals surface area (Å²) in [5.41, 5.74) is -0.0170. The van der Waals surface area contributed by atoms with Crippen molar-refractivity contribution in [3.05, 3.63) is 41.5 Å². The number of rotatable bonds is 11. The fourth-order valence-electron chi connectivity index (χ4n) is 11.5. The Kier molecular flexibility index (Phi) is 9.98. The molecular weight excluding hydrogens is 787 g/mol. The van der Waals surface area contributed by atoms with Gasteiger partial charge in [0.1, 0.15) is 46.2 Å². The van der Waals surface area contributed by atoms with Gasteiger partial charge in [0.2, 0.25) is 5.88 Å². The molecule has 0 radical (unpaired) electrons. The molecule has 61 heavy (non-hydrogen) atoms. The Labute approximate surface area is 354 Å². The quantitative estimate of drug-likeness (QED) is 0.150. The number of aryl methyl sites for hydroxylation is 1. The number of ether oxygens (including phenoxy) is 5. The van der Waals surface area contributed by atoms with Crippen LogP contribution in [-0.2, 0) is 15.9 Å². The van der Waals surface area contributed by atoms with E-state index in [1.165, 1.54) is 13.2 Å². The largest absolute Gasteiger partial charge is 0.475 e. The number of aromatic nitrogens is 3. The van der Waals surface area contributed by atoms with Crippen molar-refractivity contribution in [2.75, 3.05) is 51.7 Å². The van der Waals surface area contributed by atoms with Gasteiger partial charge in [0.15, 0.2) is 12.6 Å². The Morgan fingerprint density at radius 3 is 2.61 bits per heavy atom. The van der Waals surface area contributed by atoms with Crippen molar-refractivity contribution in [1.29, 1.82) is 0 Å². The van der Waals surface area contributed by atoms with E-state index in [4.69, 9.17) is 38.6 Å². The maximum atomic E-state index is 17.8. The highest BCUT2D eigenvalue weighted by Crippen LogP contribution is 2.58. The number of carbonyl (C=O) groups excluding carboxylic acids is 1. The van der Waals surface area contributed by atoms with Crippen molar-refractivity contribution in [2.45, 2.75) is 127 Å². The first-order valence-corrected chi connectivity index (χ1v) is 22.0. The molecule has 2 aromatic heterocycles. The number of aliphatic hydroxyl groups excluding tert-OH is 1. The molecule has 1 amide bonds. The molecule has 4 aromatic rings. The number of halogens is 2. The summed E-state index contributed by atoms with van der Waals surface area (Å²) in [6.07, 6.45) is 8.79. The van der Waals surface area contributed by atoms with Gasteiger partial charge in [0.25, 0.3) is 0 Å². The van der Waals surface area contributed by atoms with E-state index in [2.05, 4.69) is 9.80 Å². The fourth-order valence-corrected chi connectivity index (χ4v) is 11.5. The lowest BCUT2D eigenvalue weighted by molar-refractivity contribution is 0.00537. The third-order valence-electron chi connectivity index (χ3n) is 14.3. The van der Waals surface area contributed by atoms with E-state index in [1.54, 1.807) is 18.2 Å². The summed E-state index contributed by atoms with van der Waals surface area (Å²) >= 11 is 0. The number of piperazine rings is 1. The molecule has 326 valence electrons. The van der Waals surface area contributed by atoms with Crippen molar-refractivity contribution in [2.24, 2.45) is 5.41 Å². The average molecular weight is 843 g/mol. The maximum Gasteiger partial charge on any atom is 0.410 e. The van der Waals surface area contributed by atoms with Crippen molar-refractivity contribution in [3.63, 3.8) is 0 Å². The molecule has 5 aliphatic heterocycles. The lowest BCUT2D eigenvalue weighted by Gasteiger charge is -2.46. The Bertz CT molecular complexity index is 2390. The van der Waals surface area contributed by atoms with E-state index in [9.17, 15) is 9.90 Å². The van der Waals surface area contributed by atoms with Gasteiger partial charge in [-0.1, -0.05) is 13.0 Å². The molecule has 1 saturated carbocycles. The fraction of sp³-hybridized carbons (Fsp3) is 0.609. The number of nitrogens with zero attached hydrogens (tertiary/aromatic N) is 6. The predicted octanol–water partition coefficient (Wildman–Crippen LogP) is 7.56. The summed E-state index contributed by atoms with van der Waals surface area (Å²) in [5, 5.41) is 11.6. The van der Waals surface area contributed by atoms with E-state index in [0.717, 1.165) is 64.3 Å². The van der Waals surface area contributed by atoms with Crippen LogP contribution in [0.15, 0.2) is 24.3 Å². The van der Waals surface area contributed by atoms with E-state index < -0.39 is 17.2 Å². The minimum Gasteiger partial charge on any atom is -0.475 e. The van der Waals surface area contributed by atoms with Crippen molar-refractivity contribution in [3.8, 4) is 28.9 Å². The Hall–Kier alpha value is -4.60. The molecule has 0 spiro atoms. The summed E-state index contributed by atoms with van der Waals surface area (Å²) < 4.78 is 63.5. The third kappa shape index (κ3) is 6.89. The molecule has 5 fully saturated rings. The van der Waals surface area contributed by atoms with Gasteiger partial charge < -0.3 is 33.7 Å². The topological polar surface area (TPSA) is 132 Å². The molecule has 2 unspecified atom stereocenters. The van der Waals surface area contributed by atoms with Crippen molar-refractivity contribution < 1.29 is 42.4 Å². The van der Waals surface area contributed by atoms with Crippen molar-refractivity contribution in [1.82, 2.24) is 24.8 Å². The van der Waals surface area contributed by atoms with Gasteiger partial charge in [-0.15, -0.1) is 0 Å². The normalized spacial score (nSPS) is 26.3. The zero-order chi connectivity index (χ0) is 42.4. The van der Waals surface area contributed by atoms with Crippen LogP contribution in [0.1, 0.15) is 91.0 Å². The number of benzene rings is 2. The number of carbonyl (C=O) groups is 1. The second kappa shape index (κ2) is 15.0. The first kappa shape index (κ1) is 40.5. The number of amides is 1. The molecule has 4 saturated heterocycles. The second-order valence-corrected chi connectivity index (χ2v) is 19.2. The smallest absolute Gasteiger partial charge is 0.410 e. The minimum atomic E-state index is -0.719. The van der Waals surface area contributed by atoms with Gasteiger partial charge in [-0.3, -0.25) is 9.80 Å². The highest BCUT2D eigenvalue weighted by molar-refractivity contribution is 6.03. The third-order valence-corrected chi connectivity index (χ3v) is 14.3. The number of fused-ring (bicyclic) bond motifs is 7. The van der Waals surface area contributed by atoms with Gasteiger partial charge in [-0.05, 0) is 126 Å². The zero-order valence-electron chi connectivity index (χ0n) is 35.8. The van der Waals surface area contributed by atoms with Crippen LogP contribution < -0.4 is 19.1 Å². The molecule has 13 nitrogen and oxygen atoms in total. The van der Waals surface area contributed by atoms with E-state index in [-0.39, 0.29) is 84.3 Å². The average Bonchev–Trinajstić information content (AvgIpc) is 3.62. The van der Waals surface area contributed by atoms with Crippen LogP contribution in [0.3, 0.4) is 0 Å². The monoisotopic (exact) mass is 842 g/mol. The molecule has 1 N–H and O–H groups in total. The van der Waals surface area contributed by atoms with Crippen LogP contribution in [0.25, 0.3) is 32.9 Å². The number of hydrogen-bond acceptors (Lipinski definition) is 12. The Balaban J connectivity index is 1.09. The number of aliphatic hydroxyl groups is 1. The highest BCUT2D eigenvalue weighted by Gasteiger charge is 2.57. The molecule has 7 heterocycles. The van der Waals surface area contributed by atoms with Crippen LogP contribution in [0.2, 0.25) is 0 Å². The van der Waals surface area contributed by atoms with Crippen LogP contribution in [0, 0.1) is 17.0 Å². The van der Waals surface area contributed by atoms with Gasteiger partial charge >= 0.3 is 12.1 Å². The van der Waals surface area contributed by atoms with Gasteiger partial charge in [-0.25, -0.2) is 18.6 Å². The SMILES string of the molecule is CCc1c(F)ccc2cc(OCOC)cc(-c3nc4c5c(nc(OCC6(CC78CCCN7C(CO)CC8)CC6)nc5c3F)N3C[C@H]5CC[C@@H]([C@H]3CO4)N5C(=O)OC(C)(C)C)c12. The first-order valence-electron chi connectivity index (χ1n) is 22.0. The van der Waals surface area contributed by atoms with E-state index in [1.807, 2.05) is 32.6 Å². The van der Waals surface area contributed by atoms with E-state index in [0.29, 0.717) is 58.4 Å². The highest BCUT2D eigenvalue weighted by atomic mass is 19.1. The van der Waals surface area contributed by atoms with Crippen LogP contribution in [-0.4, -0.2) is 118 Å². The lowest BCUT2D eigenvalue weighted by Crippen LogP contribution is -2.63. The number of hydrogen-bond donors (Lipinski definition) is 1. The van der Waals surface area contributed by atoms with Gasteiger partial charge in [0, 0.05) is 36.2 Å². The summed E-state index contributed by atoms with van der Waals surface area (Å²) in [4.78, 5) is 35.1. The number of anilines is 1. The standard InChI is InChI=1S/C46H56F2N6O7/c1-6-30-32(47)10-8-26-18-29(60-25-57-5)19-31(35(26)30)38-37(48)39-36-40(51-42(50-39)59-24-45(15-16-45)23-46-13-7-17-53(46)28(21-55)12-14-46)52-20-27-9-11-33(34(52)22-58-41(36)49-38)54(27)43(56)61-44(2,3)4/h8,10,18-19,27-28,33-34,55H,6-7,9,11-17,20-25H2,1-5H3/t27-,28?,33+,34-,46?/m1/s1. The van der Waals surface area contributed by atoms with Crippen LogP contribution in [0.5, 0.6) is 17.6 Å². The molecule has 15 heteroatoms. The van der Waals surface area contributed by atoms with Gasteiger partial charge in [0.05, 0.1) is 31.3 Å².